The van der Waals surface area contributed by atoms with E-state index in [9.17, 15) is 29.1 Å². The maximum absolute atomic E-state index is 14.4. The molecule has 2 aromatic rings. The summed E-state index contributed by atoms with van der Waals surface area (Å²) in [5.74, 6) is 0.875. The van der Waals surface area contributed by atoms with Gasteiger partial charge in [0.05, 0.1) is 5.92 Å². The number of Topliss-reactive ketones (excluding diaryl/α,β-unsaturated/α-hetero) is 2. The van der Waals surface area contributed by atoms with Crippen LogP contribution in [0.2, 0.25) is 0 Å². The van der Waals surface area contributed by atoms with Gasteiger partial charge < -0.3 is 27.2 Å². The molecule has 2 aromatic carbocycles. The summed E-state index contributed by atoms with van der Waals surface area (Å²) in [4.78, 5) is 69.5. The van der Waals surface area contributed by atoms with Crippen LogP contribution < -0.4 is 23.0 Å². The van der Waals surface area contributed by atoms with Crippen molar-refractivity contribution < 1.29 is 29.1 Å². The Labute approximate surface area is 283 Å². The van der Waals surface area contributed by atoms with Crippen LogP contribution in [-0.4, -0.2) is 75.6 Å². The molecule has 1 saturated heterocycles. The molecule has 262 valence electrons. The van der Waals surface area contributed by atoms with E-state index >= 15 is 0 Å². The minimum absolute atomic E-state index is 0.0447. The quantitative estimate of drug-likeness (QED) is 0.0515. The highest BCUT2D eigenvalue weighted by atomic mass is 16.4. The van der Waals surface area contributed by atoms with Crippen LogP contribution in [0.4, 0.5) is 0 Å². The predicted octanol–water partition coefficient (Wildman–Crippen LogP) is 2.34. The molecule has 1 aliphatic rings. The molecule has 0 saturated carbocycles. The van der Waals surface area contributed by atoms with E-state index in [2.05, 4.69) is 0 Å². The van der Waals surface area contributed by atoms with Crippen LogP contribution in [0.3, 0.4) is 0 Å². The number of likely N-dealkylation sites (tertiary alicyclic amines) is 1. The molecule has 12 nitrogen and oxygen atoms in total. The number of aliphatic carboxylic acids is 1. The van der Waals surface area contributed by atoms with Gasteiger partial charge in [-0.15, -0.1) is 0 Å². The molecule has 12 heteroatoms. The first-order valence-electron chi connectivity index (χ1n) is 16.8. The van der Waals surface area contributed by atoms with E-state index in [0.717, 1.165) is 16.1 Å². The Kier molecular flexibility index (Phi) is 14.4. The number of hydrazine groups is 1. The summed E-state index contributed by atoms with van der Waals surface area (Å²) in [5, 5.41) is 10.4. The van der Waals surface area contributed by atoms with E-state index in [1.807, 2.05) is 74.5 Å². The number of piperidine rings is 1. The molecule has 0 aliphatic carbocycles. The van der Waals surface area contributed by atoms with Crippen molar-refractivity contribution >= 4 is 29.4 Å². The fraction of sp³-hybridized carbons (Fsp3) is 0.528. The number of carbonyl (C=O) groups is 5. The first-order valence-corrected chi connectivity index (χ1v) is 16.8. The number of nitrogens with zero attached hydrogens (tertiary/aromatic N) is 2. The second-order valence-corrected chi connectivity index (χ2v) is 13.3. The Bertz CT molecular complexity index is 1380. The fourth-order valence-electron chi connectivity index (χ4n) is 6.19. The largest absolute Gasteiger partial charge is 0.480 e. The monoisotopic (exact) mass is 664 g/mol. The topological polar surface area (TPSA) is 216 Å². The molecule has 4 unspecified atom stereocenters. The van der Waals surface area contributed by atoms with E-state index in [1.165, 1.54) is 4.90 Å². The summed E-state index contributed by atoms with van der Waals surface area (Å²) < 4.78 is 0. The number of carbonyl (C=O) groups excluding carboxylic acids is 4. The summed E-state index contributed by atoms with van der Waals surface area (Å²) in [5.41, 5.74) is 18.2. The number of carboxylic acid groups (broad SMARTS) is 1. The summed E-state index contributed by atoms with van der Waals surface area (Å²) in [6, 6.07) is 16.4. The zero-order valence-electron chi connectivity index (χ0n) is 28.1. The third kappa shape index (κ3) is 10.3. The lowest BCUT2D eigenvalue weighted by Gasteiger charge is -2.38. The predicted molar refractivity (Wildman–Crippen MR) is 183 cm³/mol. The highest BCUT2D eigenvalue weighted by molar-refractivity contribution is 6.07. The zero-order chi connectivity index (χ0) is 35.4. The molecular formula is C36H52N6O6. The molecule has 0 bridgehead atoms. The molecular weight excluding hydrogens is 612 g/mol. The third-order valence-corrected chi connectivity index (χ3v) is 9.21. The molecule has 4 atom stereocenters. The number of ketones is 2. The van der Waals surface area contributed by atoms with Crippen molar-refractivity contribution in [3.05, 3.63) is 71.8 Å². The molecule has 1 aliphatic heterocycles. The molecule has 0 radical (unpaired) electrons. The van der Waals surface area contributed by atoms with Crippen LogP contribution in [0.5, 0.6) is 0 Å². The second-order valence-electron chi connectivity index (χ2n) is 13.3. The van der Waals surface area contributed by atoms with Gasteiger partial charge in [0.25, 0.3) is 0 Å². The molecule has 1 heterocycles. The van der Waals surface area contributed by atoms with Gasteiger partial charge in [0.15, 0.2) is 5.78 Å². The summed E-state index contributed by atoms with van der Waals surface area (Å²) >= 11 is 0. The zero-order valence-corrected chi connectivity index (χ0v) is 28.1. The molecule has 48 heavy (non-hydrogen) atoms. The van der Waals surface area contributed by atoms with Gasteiger partial charge in [-0.25, -0.2) is 5.84 Å². The average Bonchev–Trinajstić information content (AvgIpc) is 3.08. The number of nitrogens with two attached hydrogens (primary N) is 4. The summed E-state index contributed by atoms with van der Waals surface area (Å²) in [6.45, 7) is 4.30. The highest BCUT2D eigenvalue weighted by Gasteiger charge is 2.44. The number of rotatable bonds is 18. The molecule has 3 rings (SSSR count). The Morgan fingerprint density at radius 2 is 1.50 bits per heavy atom. The molecule has 0 spiro atoms. The van der Waals surface area contributed by atoms with Crippen molar-refractivity contribution in [1.29, 1.82) is 0 Å². The normalized spacial score (nSPS) is 16.9. The highest BCUT2D eigenvalue weighted by Crippen LogP contribution is 2.27. The summed E-state index contributed by atoms with van der Waals surface area (Å²) in [6.07, 6.45) is 1.46. The first-order chi connectivity index (χ1) is 22.8. The van der Waals surface area contributed by atoms with Crippen LogP contribution in [-0.2, 0) is 30.4 Å². The molecule has 1 fully saturated rings. The van der Waals surface area contributed by atoms with Crippen molar-refractivity contribution in [1.82, 2.24) is 9.91 Å². The number of benzene rings is 2. The Morgan fingerprint density at radius 1 is 0.917 bits per heavy atom. The number of carboxylic acids is 1. The smallest absolute Gasteiger partial charge is 0.323 e. The molecule has 2 amide bonds. The number of hydrogen-bond donors (Lipinski definition) is 5. The van der Waals surface area contributed by atoms with E-state index in [-0.39, 0.29) is 57.5 Å². The molecule has 0 aromatic heterocycles. The second kappa shape index (κ2) is 18.0. The van der Waals surface area contributed by atoms with Gasteiger partial charge in [-0.3, -0.25) is 29.0 Å². The lowest BCUT2D eigenvalue weighted by Crippen LogP contribution is -2.59. The maximum atomic E-state index is 14.4. The van der Waals surface area contributed by atoms with Gasteiger partial charge >= 0.3 is 5.97 Å². The standard InChI is InChI=1S/C36H52N6O6/c1-24(2)21-30(32(44)27(15-9-10-18-37)33(45)41-19-16-36(39,17-20-41)35(47)48)42(40)34(46)28(22-25-11-5-3-6-12-25)31(43)23-29(38)26-13-7-4-8-14-26/h3-8,11-14,24,27-30H,9-10,15-23,37-40H2,1-2H3,(H,47,48). The van der Waals surface area contributed by atoms with Crippen molar-refractivity contribution in [2.45, 2.75) is 82.8 Å². The van der Waals surface area contributed by atoms with Crippen molar-refractivity contribution in [2.24, 2.45) is 40.8 Å². The van der Waals surface area contributed by atoms with Crippen LogP contribution in [0.25, 0.3) is 0 Å². The maximum Gasteiger partial charge on any atom is 0.323 e. The Balaban J connectivity index is 1.91. The van der Waals surface area contributed by atoms with Gasteiger partial charge in [-0.2, -0.15) is 0 Å². The van der Waals surface area contributed by atoms with Gasteiger partial charge in [0, 0.05) is 25.6 Å². The first kappa shape index (κ1) is 38.5. The van der Waals surface area contributed by atoms with Gasteiger partial charge in [-0.1, -0.05) is 80.9 Å². The van der Waals surface area contributed by atoms with Crippen molar-refractivity contribution in [3.8, 4) is 0 Å². The number of amides is 2. The Hall–Kier alpha value is -3.97. The number of unbranched alkanes of at least 4 members (excludes halogenated alkanes) is 1. The van der Waals surface area contributed by atoms with Crippen LogP contribution in [0, 0.1) is 17.8 Å². The number of hydrogen-bond acceptors (Lipinski definition) is 9. The fourth-order valence-corrected chi connectivity index (χ4v) is 6.19. The van der Waals surface area contributed by atoms with Crippen LogP contribution in [0.1, 0.15) is 76.0 Å². The van der Waals surface area contributed by atoms with Crippen molar-refractivity contribution in [2.75, 3.05) is 19.6 Å². The average molecular weight is 665 g/mol. The lowest BCUT2D eigenvalue weighted by molar-refractivity contribution is -0.154. The van der Waals surface area contributed by atoms with Crippen molar-refractivity contribution in [3.63, 3.8) is 0 Å². The van der Waals surface area contributed by atoms with E-state index < -0.39 is 58.8 Å². The van der Waals surface area contributed by atoms with Gasteiger partial charge in [0.2, 0.25) is 11.8 Å². The third-order valence-electron chi connectivity index (χ3n) is 9.21. The lowest BCUT2D eigenvalue weighted by atomic mass is 9.84. The van der Waals surface area contributed by atoms with Gasteiger partial charge in [0.1, 0.15) is 23.3 Å². The molecule has 9 N–H and O–H groups in total. The SMILES string of the molecule is CC(C)CC(C(=O)C(CCCCN)C(=O)N1CCC(N)(C(=O)O)CC1)N(N)C(=O)C(Cc1ccccc1)C(=O)CC(N)c1ccccc1. The Morgan fingerprint density at radius 3 is 2.04 bits per heavy atom. The van der Waals surface area contributed by atoms with Crippen LogP contribution >= 0.6 is 0 Å². The van der Waals surface area contributed by atoms with E-state index in [4.69, 9.17) is 23.0 Å². The van der Waals surface area contributed by atoms with Crippen LogP contribution in [0.15, 0.2) is 60.7 Å². The minimum atomic E-state index is -1.44. The van der Waals surface area contributed by atoms with E-state index in [1.54, 1.807) is 0 Å². The summed E-state index contributed by atoms with van der Waals surface area (Å²) in [7, 11) is 0. The van der Waals surface area contributed by atoms with E-state index in [0.29, 0.717) is 19.4 Å². The van der Waals surface area contributed by atoms with Gasteiger partial charge in [-0.05, 0) is 62.1 Å². The minimum Gasteiger partial charge on any atom is -0.480 e.